The predicted molar refractivity (Wildman–Crippen MR) is 71.3 cm³/mol. The van der Waals surface area contributed by atoms with Crippen molar-refractivity contribution in [3.63, 3.8) is 0 Å². The SMILES string of the molecule is CCCc1cc(N)c2cc(OCC)c(F)cc2n1. The maximum atomic E-state index is 13.8. The second-order valence-electron chi connectivity index (χ2n) is 4.19. The minimum Gasteiger partial charge on any atom is -0.491 e. The summed E-state index contributed by atoms with van der Waals surface area (Å²) < 4.78 is 19.0. The Morgan fingerprint density at radius 2 is 2.06 bits per heavy atom. The molecule has 0 saturated carbocycles. The van der Waals surface area contributed by atoms with Crippen molar-refractivity contribution in [2.75, 3.05) is 12.3 Å². The molecule has 0 spiro atoms. The molecule has 2 N–H and O–H groups in total. The van der Waals surface area contributed by atoms with Gasteiger partial charge in [-0.25, -0.2) is 4.39 Å². The first kappa shape index (κ1) is 12.6. The van der Waals surface area contributed by atoms with E-state index in [2.05, 4.69) is 11.9 Å². The maximum Gasteiger partial charge on any atom is 0.167 e. The average Bonchev–Trinajstić information content (AvgIpc) is 2.32. The molecule has 4 heteroatoms. The number of nitrogens with zero attached hydrogens (tertiary/aromatic N) is 1. The van der Waals surface area contributed by atoms with Gasteiger partial charge in [-0.15, -0.1) is 0 Å². The van der Waals surface area contributed by atoms with E-state index in [1.54, 1.807) is 6.07 Å². The zero-order chi connectivity index (χ0) is 13.1. The fraction of sp³-hybridized carbons (Fsp3) is 0.357. The lowest BCUT2D eigenvalue weighted by Crippen LogP contribution is -1.99. The first-order chi connectivity index (χ1) is 8.65. The molecule has 2 rings (SSSR count). The van der Waals surface area contributed by atoms with Crippen LogP contribution < -0.4 is 10.5 Å². The van der Waals surface area contributed by atoms with Gasteiger partial charge >= 0.3 is 0 Å². The van der Waals surface area contributed by atoms with Crippen molar-refractivity contribution in [2.24, 2.45) is 0 Å². The quantitative estimate of drug-likeness (QED) is 0.903. The summed E-state index contributed by atoms with van der Waals surface area (Å²) in [5, 5.41) is 0.736. The molecule has 18 heavy (non-hydrogen) atoms. The summed E-state index contributed by atoms with van der Waals surface area (Å²) in [6, 6.07) is 4.85. The summed E-state index contributed by atoms with van der Waals surface area (Å²) in [5.41, 5.74) is 8.08. The Morgan fingerprint density at radius 3 is 2.72 bits per heavy atom. The van der Waals surface area contributed by atoms with Gasteiger partial charge in [0, 0.05) is 22.8 Å². The zero-order valence-corrected chi connectivity index (χ0v) is 10.7. The van der Waals surface area contributed by atoms with E-state index >= 15 is 0 Å². The van der Waals surface area contributed by atoms with E-state index in [1.807, 2.05) is 13.0 Å². The highest BCUT2D eigenvalue weighted by Crippen LogP contribution is 2.28. The molecular formula is C14H17FN2O. The lowest BCUT2D eigenvalue weighted by molar-refractivity contribution is 0.322. The molecule has 0 saturated heterocycles. The molecule has 0 bridgehead atoms. The number of nitrogens with two attached hydrogens (primary N) is 1. The summed E-state index contributed by atoms with van der Waals surface area (Å²) in [4.78, 5) is 4.41. The number of hydrogen-bond donors (Lipinski definition) is 1. The van der Waals surface area contributed by atoms with Crippen LogP contribution in [0.25, 0.3) is 10.9 Å². The molecule has 1 aromatic carbocycles. The minimum absolute atomic E-state index is 0.224. The molecule has 1 heterocycles. The average molecular weight is 248 g/mol. The number of halogens is 1. The van der Waals surface area contributed by atoms with Gasteiger partial charge in [-0.3, -0.25) is 4.98 Å². The second kappa shape index (κ2) is 5.21. The van der Waals surface area contributed by atoms with Crippen LogP contribution in [0.4, 0.5) is 10.1 Å². The molecule has 0 aliphatic carbocycles. The highest BCUT2D eigenvalue weighted by atomic mass is 19.1. The number of fused-ring (bicyclic) bond motifs is 1. The Labute approximate surface area is 106 Å². The Kier molecular flexibility index (Phi) is 3.65. The number of rotatable bonds is 4. The highest BCUT2D eigenvalue weighted by molar-refractivity contribution is 5.91. The first-order valence-electron chi connectivity index (χ1n) is 6.17. The largest absolute Gasteiger partial charge is 0.491 e. The fourth-order valence-corrected chi connectivity index (χ4v) is 1.96. The number of hydrogen-bond acceptors (Lipinski definition) is 3. The van der Waals surface area contributed by atoms with Gasteiger partial charge in [0.25, 0.3) is 0 Å². The van der Waals surface area contributed by atoms with Gasteiger partial charge in [0.1, 0.15) is 0 Å². The Bertz CT molecular complexity index is 569. The number of ether oxygens (including phenoxy) is 1. The molecular weight excluding hydrogens is 231 g/mol. The third-order valence-electron chi connectivity index (χ3n) is 2.75. The van der Waals surface area contributed by atoms with Gasteiger partial charge in [-0.05, 0) is 25.5 Å². The van der Waals surface area contributed by atoms with Gasteiger partial charge in [-0.1, -0.05) is 13.3 Å². The number of aryl methyl sites for hydroxylation is 1. The van der Waals surface area contributed by atoms with E-state index in [-0.39, 0.29) is 5.75 Å². The third kappa shape index (κ3) is 2.37. The first-order valence-corrected chi connectivity index (χ1v) is 6.17. The standard InChI is InChI=1S/C14H17FN2O/c1-3-5-9-6-12(16)10-7-14(18-4-2)11(15)8-13(10)17-9/h6-8H,3-5H2,1-2H3,(H2,16,17). The zero-order valence-electron chi connectivity index (χ0n) is 10.7. The van der Waals surface area contributed by atoms with E-state index < -0.39 is 5.82 Å². The number of benzene rings is 1. The summed E-state index contributed by atoms with van der Waals surface area (Å²) >= 11 is 0. The van der Waals surface area contributed by atoms with Crippen LogP contribution in [-0.4, -0.2) is 11.6 Å². The van der Waals surface area contributed by atoms with Crippen molar-refractivity contribution >= 4 is 16.6 Å². The third-order valence-corrected chi connectivity index (χ3v) is 2.75. The van der Waals surface area contributed by atoms with E-state index in [9.17, 15) is 4.39 Å². The molecule has 0 fully saturated rings. The smallest absolute Gasteiger partial charge is 0.167 e. The summed E-state index contributed by atoms with van der Waals surface area (Å²) in [6.07, 6.45) is 1.83. The Hall–Kier alpha value is -1.84. The van der Waals surface area contributed by atoms with E-state index in [1.165, 1.54) is 6.07 Å². The van der Waals surface area contributed by atoms with E-state index in [0.29, 0.717) is 17.8 Å². The van der Waals surface area contributed by atoms with Crippen molar-refractivity contribution < 1.29 is 9.13 Å². The summed E-state index contributed by atoms with van der Waals surface area (Å²) in [7, 11) is 0. The molecule has 0 amide bonds. The fourth-order valence-electron chi connectivity index (χ4n) is 1.96. The van der Waals surface area contributed by atoms with Crippen LogP contribution in [0, 0.1) is 5.82 Å². The molecule has 2 aromatic rings. The predicted octanol–water partition coefficient (Wildman–Crippen LogP) is 3.31. The van der Waals surface area contributed by atoms with Crippen molar-refractivity contribution in [2.45, 2.75) is 26.7 Å². The normalized spacial score (nSPS) is 10.8. The minimum atomic E-state index is -0.398. The Balaban J connectivity index is 2.57. The molecule has 3 nitrogen and oxygen atoms in total. The summed E-state index contributed by atoms with van der Waals surface area (Å²) in [5.74, 6) is -0.174. The topological polar surface area (TPSA) is 48.1 Å². The molecule has 0 aliphatic heterocycles. The maximum absolute atomic E-state index is 13.8. The van der Waals surface area contributed by atoms with Crippen LogP contribution in [0.3, 0.4) is 0 Å². The molecule has 96 valence electrons. The van der Waals surface area contributed by atoms with E-state index in [4.69, 9.17) is 10.5 Å². The molecule has 0 atom stereocenters. The lowest BCUT2D eigenvalue weighted by Gasteiger charge is -2.09. The van der Waals surface area contributed by atoms with Gasteiger partial charge in [0.2, 0.25) is 0 Å². The van der Waals surface area contributed by atoms with Crippen molar-refractivity contribution in [1.29, 1.82) is 0 Å². The van der Waals surface area contributed by atoms with Crippen LogP contribution in [0.1, 0.15) is 26.0 Å². The van der Waals surface area contributed by atoms with Crippen molar-refractivity contribution in [1.82, 2.24) is 4.98 Å². The number of nitrogen functional groups attached to an aromatic ring is 1. The molecule has 0 unspecified atom stereocenters. The summed E-state index contributed by atoms with van der Waals surface area (Å²) in [6.45, 7) is 4.31. The number of anilines is 1. The molecule has 0 radical (unpaired) electrons. The van der Waals surface area contributed by atoms with Crippen molar-refractivity contribution in [3.05, 3.63) is 29.7 Å². The van der Waals surface area contributed by atoms with Crippen LogP contribution in [0.5, 0.6) is 5.75 Å². The van der Waals surface area contributed by atoms with Gasteiger partial charge in [0.15, 0.2) is 11.6 Å². The van der Waals surface area contributed by atoms with Gasteiger partial charge in [0.05, 0.1) is 12.1 Å². The monoisotopic (exact) mass is 248 g/mol. The Morgan fingerprint density at radius 1 is 1.28 bits per heavy atom. The van der Waals surface area contributed by atoms with Crippen LogP contribution in [-0.2, 0) is 6.42 Å². The second-order valence-corrected chi connectivity index (χ2v) is 4.19. The van der Waals surface area contributed by atoms with E-state index in [0.717, 1.165) is 23.9 Å². The lowest BCUT2D eigenvalue weighted by atomic mass is 10.1. The van der Waals surface area contributed by atoms with Crippen LogP contribution in [0.2, 0.25) is 0 Å². The van der Waals surface area contributed by atoms with Crippen molar-refractivity contribution in [3.8, 4) is 5.75 Å². The molecule has 0 aliphatic rings. The number of pyridine rings is 1. The van der Waals surface area contributed by atoms with Crippen LogP contribution >= 0.6 is 0 Å². The molecule has 1 aromatic heterocycles. The number of aromatic nitrogens is 1. The van der Waals surface area contributed by atoms with Crippen LogP contribution in [0.15, 0.2) is 18.2 Å². The van der Waals surface area contributed by atoms with Gasteiger partial charge < -0.3 is 10.5 Å². The van der Waals surface area contributed by atoms with Gasteiger partial charge in [-0.2, -0.15) is 0 Å². The highest BCUT2D eigenvalue weighted by Gasteiger charge is 2.10.